The van der Waals surface area contributed by atoms with Crippen LogP contribution in [0.2, 0.25) is 0 Å². The summed E-state index contributed by atoms with van der Waals surface area (Å²) in [5.41, 5.74) is 4.23. The van der Waals surface area contributed by atoms with Crippen LogP contribution in [-0.2, 0) is 11.2 Å². The van der Waals surface area contributed by atoms with Crippen molar-refractivity contribution in [3.05, 3.63) is 64.7 Å². The molecule has 32 heavy (non-hydrogen) atoms. The average Bonchev–Trinajstić information content (AvgIpc) is 3.26. The van der Waals surface area contributed by atoms with Crippen LogP contribution in [0.25, 0.3) is 10.6 Å². The van der Waals surface area contributed by atoms with Gasteiger partial charge in [0.05, 0.1) is 18.7 Å². The van der Waals surface area contributed by atoms with E-state index in [4.69, 9.17) is 9.47 Å². The van der Waals surface area contributed by atoms with Crippen molar-refractivity contribution in [1.29, 1.82) is 0 Å². The van der Waals surface area contributed by atoms with Crippen molar-refractivity contribution in [1.82, 2.24) is 9.88 Å². The number of carbonyl (C=O) groups is 1. The number of hydrogen-bond donors (Lipinski definition) is 0. The Hall–Kier alpha value is -2.86. The Balaban J connectivity index is 1.29. The van der Waals surface area contributed by atoms with Gasteiger partial charge in [-0.25, -0.2) is 4.98 Å². The number of hydrogen-bond acceptors (Lipinski definition) is 5. The lowest BCUT2D eigenvalue weighted by molar-refractivity contribution is -0.132. The normalized spacial score (nSPS) is 14.4. The summed E-state index contributed by atoms with van der Waals surface area (Å²) < 4.78 is 11.7. The number of thiazole rings is 1. The summed E-state index contributed by atoms with van der Waals surface area (Å²) in [6.07, 6.45) is 2.21. The second-order valence-corrected chi connectivity index (χ2v) is 9.10. The van der Waals surface area contributed by atoms with Gasteiger partial charge < -0.3 is 14.4 Å². The molecule has 4 rings (SSSR count). The Morgan fingerprint density at radius 1 is 1.12 bits per heavy atom. The minimum atomic E-state index is 0.138. The van der Waals surface area contributed by atoms with Gasteiger partial charge in [0.1, 0.15) is 22.6 Å². The molecule has 1 saturated heterocycles. The first-order valence-corrected chi connectivity index (χ1v) is 12.1. The fourth-order valence-corrected chi connectivity index (χ4v) is 4.71. The van der Waals surface area contributed by atoms with Crippen molar-refractivity contribution < 1.29 is 14.3 Å². The highest BCUT2D eigenvalue weighted by atomic mass is 32.1. The fraction of sp³-hybridized carbons (Fsp3) is 0.385. The number of likely N-dealkylation sites (tertiary alicyclic amines) is 1. The van der Waals surface area contributed by atoms with Gasteiger partial charge in [-0.05, 0) is 62.2 Å². The number of aromatic nitrogens is 1. The smallest absolute Gasteiger partial charge is 0.228 e. The molecule has 1 aliphatic heterocycles. The van der Waals surface area contributed by atoms with Crippen LogP contribution in [0.4, 0.5) is 0 Å². The van der Waals surface area contributed by atoms with Crippen molar-refractivity contribution in [2.24, 2.45) is 0 Å². The second kappa shape index (κ2) is 10.2. The zero-order chi connectivity index (χ0) is 22.5. The molecule has 0 saturated carbocycles. The average molecular weight is 451 g/mol. The first-order chi connectivity index (χ1) is 15.5. The number of piperidine rings is 1. The van der Waals surface area contributed by atoms with Crippen LogP contribution in [0, 0.1) is 13.8 Å². The highest BCUT2D eigenvalue weighted by Gasteiger charge is 2.25. The number of rotatable bonds is 7. The third-order valence-corrected chi connectivity index (χ3v) is 6.67. The highest BCUT2D eigenvalue weighted by Crippen LogP contribution is 2.27. The molecule has 0 radical (unpaired) electrons. The van der Waals surface area contributed by atoms with Crippen molar-refractivity contribution in [2.45, 2.75) is 46.1 Å². The van der Waals surface area contributed by atoms with E-state index in [-0.39, 0.29) is 12.0 Å². The molecular formula is C26H30N2O3S. The van der Waals surface area contributed by atoms with E-state index in [2.05, 4.69) is 37.0 Å². The molecule has 0 bridgehead atoms. The molecule has 1 fully saturated rings. The Morgan fingerprint density at radius 2 is 1.88 bits per heavy atom. The standard InChI is InChI=1S/C26H30N2O3S/c1-4-30-22-9-7-20(8-10-22)26-27-21(17-32-26)16-25(29)28-13-11-23(12-14-28)31-24-15-18(2)5-6-19(24)3/h5-10,15,17,23H,4,11-14,16H2,1-3H3. The molecule has 5 nitrogen and oxygen atoms in total. The van der Waals surface area contributed by atoms with E-state index in [0.717, 1.165) is 59.3 Å². The van der Waals surface area contributed by atoms with Crippen molar-refractivity contribution in [3.8, 4) is 22.1 Å². The number of ether oxygens (including phenoxy) is 2. The van der Waals surface area contributed by atoms with Crippen LogP contribution >= 0.6 is 11.3 Å². The van der Waals surface area contributed by atoms with E-state index in [1.807, 2.05) is 41.5 Å². The molecule has 1 aromatic heterocycles. The number of carbonyl (C=O) groups excluding carboxylic acids is 1. The molecule has 0 unspecified atom stereocenters. The Kier molecular flexibility index (Phi) is 7.10. The summed E-state index contributed by atoms with van der Waals surface area (Å²) in [4.78, 5) is 19.5. The second-order valence-electron chi connectivity index (χ2n) is 8.25. The number of benzene rings is 2. The zero-order valence-corrected chi connectivity index (χ0v) is 19.8. The summed E-state index contributed by atoms with van der Waals surface area (Å²) in [6.45, 7) is 8.22. The largest absolute Gasteiger partial charge is 0.494 e. The van der Waals surface area contributed by atoms with E-state index >= 15 is 0 Å². The highest BCUT2D eigenvalue weighted by molar-refractivity contribution is 7.13. The predicted octanol–water partition coefficient (Wildman–Crippen LogP) is 5.44. The van der Waals surface area contributed by atoms with Crippen molar-refractivity contribution in [2.75, 3.05) is 19.7 Å². The summed E-state index contributed by atoms with van der Waals surface area (Å²) in [5, 5.41) is 2.91. The quantitative estimate of drug-likeness (QED) is 0.481. The summed E-state index contributed by atoms with van der Waals surface area (Å²) in [5.74, 6) is 1.95. The molecular weight excluding hydrogens is 420 g/mol. The summed E-state index contributed by atoms with van der Waals surface area (Å²) >= 11 is 1.57. The third kappa shape index (κ3) is 5.49. The number of aryl methyl sites for hydroxylation is 2. The molecule has 168 valence electrons. The lowest BCUT2D eigenvalue weighted by atomic mass is 10.1. The molecule has 6 heteroatoms. The van der Waals surface area contributed by atoms with Crippen LogP contribution < -0.4 is 9.47 Å². The van der Waals surface area contributed by atoms with Crippen molar-refractivity contribution in [3.63, 3.8) is 0 Å². The maximum Gasteiger partial charge on any atom is 0.228 e. The zero-order valence-electron chi connectivity index (χ0n) is 19.0. The Morgan fingerprint density at radius 3 is 2.59 bits per heavy atom. The van der Waals surface area contributed by atoms with E-state index in [1.165, 1.54) is 5.56 Å². The van der Waals surface area contributed by atoms with Gasteiger partial charge in [0.2, 0.25) is 5.91 Å². The lowest BCUT2D eigenvalue weighted by Crippen LogP contribution is -2.42. The molecule has 2 heterocycles. The minimum Gasteiger partial charge on any atom is -0.494 e. The molecule has 0 spiro atoms. The summed E-state index contributed by atoms with van der Waals surface area (Å²) in [7, 11) is 0. The van der Waals surface area contributed by atoms with Crippen molar-refractivity contribution >= 4 is 17.2 Å². The van der Waals surface area contributed by atoms with Gasteiger partial charge in [0.15, 0.2) is 0 Å². The molecule has 3 aromatic rings. The third-order valence-electron chi connectivity index (χ3n) is 5.73. The Labute approximate surface area is 194 Å². The van der Waals surface area contributed by atoms with Crippen LogP contribution in [0.1, 0.15) is 36.6 Å². The first-order valence-electron chi connectivity index (χ1n) is 11.2. The van der Waals surface area contributed by atoms with E-state index < -0.39 is 0 Å². The van der Waals surface area contributed by atoms with Gasteiger partial charge in [-0.3, -0.25) is 4.79 Å². The van der Waals surface area contributed by atoms with Gasteiger partial charge in [-0.1, -0.05) is 12.1 Å². The number of amides is 1. The molecule has 1 aliphatic rings. The lowest BCUT2D eigenvalue weighted by Gasteiger charge is -2.32. The maximum absolute atomic E-state index is 12.8. The SMILES string of the molecule is CCOc1ccc(-c2nc(CC(=O)N3CCC(Oc4cc(C)ccc4C)CC3)cs2)cc1. The summed E-state index contributed by atoms with van der Waals surface area (Å²) in [6, 6.07) is 14.2. The molecule has 0 aliphatic carbocycles. The van der Waals surface area contributed by atoms with Gasteiger partial charge >= 0.3 is 0 Å². The first kappa shape index (κ1) is 22.3. The van der Waals surface area contributed by atoms with Crippen LogP contribution in [-0.4, -0.2) is 41.6 Å². The fourth-order valence-electron chi connectivity index (χ4n) is 3.88. The minimum absolute atomic E-state index is 0.138. The molecule has 0 N–H and O–H groups in total. The topological polar surface area (TPSA) is 51.7 Å². The van der Waals surface area contributed by atoms with Gasteiger partial charge in [0, 0.05) is 36.9 Å². The molecule has 1 amide bonds. The predicted molar refractivity (Wildman–Crippen MR) is 129 cm³/mol. The van der Waals surface area contributed by atoms with Crippen LogP contribution in [0.15, 0.2) is 47.8 Å². The van der Waals surface area contributed by atoms with E-state index in [0.29, 0.717) is 13.0 Å². The van der Waals surface area contributed by atoms with Gasteiger partial charge in [-0.15, -0.1) is 11.3 Å². The monoisotopic (exact) mass is 450 g/mol. The van der Waals surface area contributed by atoms with E-state index in [9.17, 15) is 4.79 Å². The van der Waals surface area contributed by atoms with Gasteiger partial charge in [-0.2, -0.15) is 0 Å². The molecule has 2 aromatic carbocycles. The Bertz CT molecular complexity index is 1050. The van der Waals surface area contributed by atoms with Gasteiger partial charge in [0.25, 0.3) is 0 Å². The maximum atomic E-state index is 12.8. The van der Waals surface area contributed by atoms with Crippen LogP contribution in [0.3, 0.4) is 0 Å². The number of nitrogens with zero attached hydrogens (tertiary/aromatic N) is 2. The van der Waals surface area contributed by atoms with E-state index in [1.54, 1.807) is 11.3 Å². The van der Waals surface area contributed by atoms with Crippen LogP contribution in [0.5, 0.6) is 11.5 Å². The molecule has 0 atom stereocenters.